The summed E-state index contributed by atoms with van der Waals surface area (Å²) in [6.07, 6.45) is 0.914. The Morgan fingerprint density at radius 2 is 1.95 bits per heavy atom. The summed E-state index contributed by atoms with van der Waals surface area (Å²) in [5.41, 5.74) is -0.335. The Bertz CT molecular complexity index is 469. The summed E-state index contributed by atoms with van der Waals surface area (Å²) in [6.45, 7) is 0.140. The van der Waals surface area contributed by atoms with Crippen LogP contribution in [0.1, 0.15) is 12.8 Å². The molecule has 7 heteroatoms. The van der Waals surface area contributed by atoms with Gasteiger partial charge < -0.3 is 19.5 Å². The van der Waals surface area contributed by atoms with Crippen LogP contribution in [0.25, 0.3) is 0 Å². The number of hydrogen-bond acceptors (Lipinski definition) is 6. The molecule has 2 atom stereocenters. The van der Waals surface area contributed by atoms with Crippen LogP contribution in [0.15, 0.2) is 11.3 Å². The van der Waals surface area contributed by atoms with E-state index in [9.17, 15) is 19.5 Å². The van der Waals surface area contributed by atoms with Crippen LogP contribution in [-0.4, -0.2) is 54.7 Å². The molecule has 2 rings (SSSR count). The summed E-state index contributed by atoms with van der Waals surface area (Å²) >= 11 is 0. The summed E-state index contributed by atoms with van der Waals surface area (Å²) in [4.78, 5) is 36.3. The first-order valence-electron chi connectivity index (χ1n) is 5.91. The molecule has 0 saturated carbocycles. The third-order valence-electron chi connectivity index (χ3n) is 3.55. The van der Waals surface area contributed by atoms with Gasteiger partial charge in [-0.05, 0) is 12.8 Å². The molecule has 1 saturated heterocycles. The minimum absolute atomic E-state index is 0.140. The molecule has 7 nitrogen and oxygen atoms in total. The second kappa shape index (κ2) is 4.91. The van der Waals surface area contributed by atoms with E-state index in [0.717, 1.165) is 7.11 Å². The summed E-state index contributed by atoms with van der Waals surface area (Å²) in [5, 5.41) is 9.94. The van der Waals surface area contributed by atoms with E-state index in [1.54, 1.807) is 0 Å². The van der Waals surface area contributed by atoms with Gasteiger partial charge in [0.2, 0.25) is 0 Å². The van der Waals surface area contributed by atoms with Crippen molar-refractivity contribution in [3.05, 3.63) is 11.3 Å². The predicted molar refractivity (Wildman–Crippen MR) is 61.9 cm³/mol. The second-order valence-electron chi connectivity index (χ2n) is 4.52. The van der Waals surface area contributed by atoms with E-state index >= 15 is 0 Å². The summed E-state index contributed by atoms with van der Waals surface area (Å²) < 4.78 is 9.13. The van der Waals surface area contributed by atoms with Gasteiger partial charge in [0.25, 0.3) is 5.91 Å². The van der Waals surface area contributed by atoms with E-state index < -0.39 is 29.8 Å². The molecule has 0 aromatic rings. The van der Waals surface area contributed by atoms with Gasteiger partial charge in [0.05, 0.1) is 26.2 Å². The van der Waals surface area contributed by atoms with Crippen molar-refractivity contribution in [2.24, 2.45) is 5.92 Å². The maximum atomic E-state index is 12.1. The molecule has 2 aliphatic rings. The number of carbonyl (C=O) groups is 3. The van der Waals surface area contributed by atoms with Crippen molar-refractivity contribution in [2.75, 3.05) is 20.8 Å². The van der Waals surface area contributed by atoms with Crippen molar-refractivity contribution in [2.45, 2.75) is 18.9 Å². The zero-order chi connectivity index (χ0) is 14.2. The highest BCUT2D eigenvalue weighted by molar-refractivity contribution is 6.18. The summed E-state index contributed by atoms with van der Waals surface area (Å²) in [7, 11) is 2.43. The minimum Gasteiger partial charge on any atom is -0.509 e. The minimum atomic E-state index is -0.855. The van der Waals surface area contributed by atoms with Crippen molar-refractivity contribution >= 4 is 17.8 Å². The number of fused-ring (bicyclic) bond motifs is 1. The smallest absolute Gasteiger partial charge is 0.347 e. The number of amides is 1. The molecule has 0 radical (unpaired) electrons. The Balaban J connectivity index is 2.21. The van der Waals surface area contributed by atoms with Crippen LogP contribution in [0.3, 0.4) is 0 Å². The Morgan fingerprint density at radius 1 is 1.26 bits per heavy atom. The molecule has 19 heavy (non-hydrogen) atoms. The topological polar surface area (TPSA) is 93.1 Å². The van der Waals surface area contributed by atoms with E-state index in [-0.39, 0.29) is 17.9 Å². The number of hydrogen-bond donors (Lipinski definition) is 1. The fourth-order valence-corrected chi connectivity index (χ4v) is 2.55. The Labute approximate surface area is 109 Å². The molecule has 0 aromatic carbocycles. The highest BCUT2D eigenvalue weighted by Crippen LogP contribution is 2.34. The van der Waals surface area contributed by atoms with Gasteiger partial charge in [0.15, 0.2) is 5.57 Å². The van der Waals surface area contributed by atoms with E-state index in [1.165, 1.54) is 12.0 Å². The molecule has 1 fully saturated rings. The molecular formula is C12H15NO6. The van der Waals surface area contributed by atoms with Gasteiger partial charge in [0, 0.05) is 6.54 Å². The number of ether oxygens (including phenoxy) is 2. The highest BCUT2D eigenvalue weighted by atomic mass is 16.5. The largest absolute Gasteiger partial charge is 0.509 e. The van der Waals surface area contributed by atoms with Crippen LogP contribution in [0, 0.1) is 5.92 Å². The standard InChI is InChI=1S/C12H15NO6/c1-18-11(16)6-3-4-7-9(14)8(12(17)19-2)10(15)13(7)5-6/h6-7,14H,3-5H2,1-2H3. The van der Waals surface area contributed by atoms with E-state index in [0.29, 0.717) is 12.8 Å². The molecule has 104 valence electrons. The fraction of sp³-hybridized carbons (Fsp3) is 0.583. The summed E-state index contributed by atoms with van der Waals surface area (Å²) in [6, 6.07) is -0.539. The fourth-order valence-electron chi connectivity index (χ4n) is 2.55. The Hall–Kier alpha value is -2.05. The van der Waals surface area contributed by atoms with Crippen LogP contribution in [0.5, 0.6) is 0 Å². The first-order chi connectivity index (χ1) is 9.01. The van der Waals surface area contributed by atoms with Gasteiger partial charge in [-0.2, -0.15) is 0 Å². The molecule has 2 aliphatic heterocycles. The van der Waals surface area contributed by atoms with Crippen LogP contribution in [-0.2, 0) is 23.9 Å². The monoisotopic (exact) mass is 269 g/mol. The second-order valence-corrected chi connectivity index (χ2v) is 4.52. The van der Waals surface area contributed by atoms with Crippen LogP contribution in [0.2, 0.25) is 0 Å². The third kappa shape index (κ3) is 2.05. The SMILES string of the molecule is COC(=O)C1=C(O)C2CCC(C(=O)OC)CN2C1=O. The number of esters is 2. The molecular weight excluding hydrogens is 254 g/mol. The lowest BCUT2D eigenvalue weighted by molar-refractivity contribution is -0.149. The number of carbonyl (C=O) groups excluding carboxylic acids is 3. The molecule has 1 amide bonds. The lowest BCUT2D eigenvalue weighted by atomic mass is 9.93. The van der Waals surface area contributed by atoms with Crippen molar-refractivity contribution in [1.82, 2.24) is 4.90 Å². The first-order valence-corrected chi connectivity index (χ1v) is 5.91. The molecule has 2 heterocycles. The zero-order valence-electron chi connectivity index (χ0n) is 10.7. The van der Waals surface area contributed by atoms with Crippen molar-refractivity contribution in [1.29, 1.82) is 0 Å². The molecule has 0 bridgehead atoms. The van der Waals surface area contributed by atoms with Crippen LogP contribution in [0.4, 0.5) is 0 Å². The molecule has 0 aromatic heterocycles. The first kappa shape index (κ1) is 13.4. The maximum absolute atomic E-state index is 12.1. The van der Waals surface area contributed by atoms with Gasteiger partial charge in [-0.1, -0.05) is 0 Å². The van der Waals surface area contributed by atoms with Gasteiger partial charge in [-0.25, -0.2) is 4.79 Å². The van der Waals surface area contributed by atoms with Crippen LogP contribution < -0.4 is 0 Å². The van der Waals surface area contributed by atoms with Crippen molar-refractivity contribution in [3.63, 3.8) is 0 Å². The van der Waals surface area contributed by atoms with Gasteiger partial charge >= 0.3 is 11.9 Å². The van der Waals surface area contributed by atoms with E-state index in [2.05, 4.69) is 9.47 Å². The lowest BCUT2D eigenvalue weighted by Crippen LogP contribution is -2.46. The number of methoxy groups -OCH3 is 2. The van der Waals surface area contributed by atoms with Gasteiger partial charge in [-0.15, -0.1) is 0 Å². The summed E-state index contributed by atoms with van der Waals surface area (Å²) in [5.74, 6) is -2.53. The Morgan fingerprint density at radius 3 is 2.53 bits per heavy atom. The number of piperidine rings is 1. The molecule has 1 N–H and O–H groups in total. The van der Waals surface area contributed by atoms with Gasteiger partial charge in [0.1, 0.15) is 5.76 Å². The van der Waals surface area contributed by atoms with Crippen molar-refractivity contribution in [3.8, 4) is 0 Å². The number of nitrogens with zero attached hydrogens (tertiary/aromatic N) is 1. The Kier molecular flexibility index (Phi) is 3.46. The number of aliphatic hydroxyl groups is 1. The van der Waals surface area contributed by atoms with Crippen molar-refractivity contribution < 1.29 is 29.0 Å². The average molecular weight is 269 g/mol. The van der Waals surface area contributed by atoms with E-state index in [4.69, 9.17) is 0 Å². The predicted octanol–water partition coefficient (Wildman–Crippen LogP) is -0.235. The third-order valence-corrected chi connectivity index (χ3v) is 3.55. The normalized spacial score (nSPS) is 26.2. The van der Waals surface area contributed by atoms with E-state index in [1.807, 2.05) is 0 Å². The molecule has 0 spiro atoms. The average Bonchev–Trinajstić information content (AvgIpc) is 2.69. The maximum Gasteiger partial charge on any atom is 0.347 e. The van der Waals surface area contributed by atoms with Crippen LogP contribution >= 0.6 is 0 Å². The number of aliphatic hydroxyl groups excluding tert-OH is 1. The number of rotatable bonds is 2. The quantitative estimate of drug-likeness (QED) is 0.549. The van der Waals surface area contributed by atoms with Gasteiger partial charge in [-0.3, -0.25) is 9.59 Å². The molecule has 2 unspecified atom stereocenters. The molecule has 0 aliphatic carbocycles. The lowest BCUT2D eigenvalue weighted by Gasteiger charge is -2.33. The highest BCUT2D eigenvalue weighted by Gasteiger charge is 2.47. The zero-order valence-corrected chi connectivity index (χ0v) is 10.7.